The lowest BCUT2D eigenvalue weighted by atomic mass is 10.1. The van der Waals surface area contributed by atoms with E-state index in [1.165, 1.54) is 7.11 Å². The number of rotatable bonds is 4. The summed E-state index contributed by atoms with van der Waals surface area (Å²) in [5.41, 5.74) is -0.121. The summed E-state index contributed by atoms with van der Waals surface area (Å²) >= 11 is 0. The van der Waals surface area contributed by atoms with Crippen LogP contribution < -0.4 is 10.6 Å². The molecule has 0 aliphatic heterocycles. The van der Waals surface area contributed by atoms with E-state index in [0.29, 0.717) is 6.54 Å². The molecular formula is C12H26N2O2. The summed E-state index contributed by atoms with van der Waals surface area (Å²) in [5.74, 6) is -0.230. The van der Waals surface area contributed by atoms with Gasteiger partial charge in [0.2, 0.25) is 0 Å². The summed E-state index contributed by atoms with van der Waals surface area (Å²) in [6.45, 7) is 12.9. The molecule has 4 heteroatoms. The van der Waals surface area contributed by atoms with E-state index >= 15 is 0 Å². The monoisotopic (exact) mass is 230 g/mol. The van der Waals surface area contributed by atoms with Gasteiger partial charge in [-0.1, -0.05) is 0 Å². The van der Waals surface area contributed by atoms with Gasteiger partial charge in [-0.3, -0.25) is 10.1 Å². The van der Waals surface area contributed by atoms with E-state index in [4.69, 9.17) is 4.74 Å². The van der Waals surface area contributed by atoms with E-state index in [2.05, 4.69) is 31.4 Å². The molecule has 0 unspecified atom stereocenters. The van der Waals surface area contributed by atoms with Crippen LogP contribution in [0.5, 0.6) is 0 Å². The topological polar surface area (TPSA) is 50.4 Å². The summed E-state index contributed by atoms with van der Waals surface area (Å²) in [4.78, 5) is 11.6. The number of esters is 1. The molecule has 0 rings (SSSR count). The minimum Gasteiger partial charge on any atom is -0.468 e. The number of hydrogen-bond donors (Lipinski definition) is 2. The van der Waals surface area contributed by atoms with Crippen LogP contribution in [0.1, 0.15) is 41.5 Å². The first-order valence-electron chi connectivity index (χ1n) is 5.66. The van der Waals surface area contributed by atoms with Crippen molar-refractivity contribution in [2.75, 3.05) is 13.7 Å². The van der Waals surface area contributed by atoms with Crippen LogP contribution in [0.25, 0.3) is 0 Å². The van der Waals surface area contributed by atoms with Gasteiger partial charge in [0.05, 0.1) is 7.11 Å². The average molecular weight is 230 g/mol. The predicted octanol–water partition coefficient (Wildman–Crippen LogP) is 1.30. The molecule has 0 radical (unpaired) electrons. The molecule has 0 aromatic heterocycles. The first-order chi connectivity index (χ1) is 7.05. The molecule has 0 aliphatic rings. The van der Waals surface area contributed by atoms with Crippen LogP contribution in [0, 0.1) is 0 Å². The van der Waals surface area contributed by atoms with Gasteiger partial charge in [0.1, 0.15) is 6.04 Å². The number of carbonyl (C=O) groups is 1. The molecule has 0 spiro atoms. The quantitative estimate of drug-likeness (QED) is 0.715. The van der Waals surface area contributed by atoms with Gasteiger partial charge in [-0.05, 0) is 41.5 Å². The van der Waals surface area contributed by atoms with Crippen molar-refractivity contribution in [1.29, 1.82) is 0 Å². The van der Waals surface area contributed by atoms with Crippen molar-refractivity contribution < 1.29 is 9.53 Å². The van der Waals surface area contributed by atoms with Gasteiger partial charge in [-0.25, -0.2) is 0 Å². The highest BCUT2D eigenvalue weighted by Crippen LogP contribution is 2.04. The van der Waals surface area contributed by atoms with Gasteiger partial charge in [0.15, 0.2) is 0 Å². The number of hydrogen-bond acceptors (Lipinski definition) is 4. The lowest BCUT2D eigenvalue weighted by molar-refractivity contribution is -0.143. The lowest BCUT2D eigenvalue weighted by Gasteiger charge is -2.30. The summed E-state index contributed by atoms with van der Waals surface area (Å²) in [5, 5.41) is 6.54. The van der Waals surface area contributed by atoms with Gasteiger partial charge < -0.3 is 10.1 Å². The van der Waals surface area contributed by atoms with Gasteiger partial charge >= 0.3 is 5.97 Å². The molecular weight excluding hydrogens is 204 g/mol. The molecule has 4 nitrogen and oxygen atoms in total. The Morgan fingerprint density at radius 3 is 1.94 bits per heavy atom. The molecule has 0 heterocycles. The third-order valence-electron chi connectivity index (χ3n) is 1.93. The van der Waals surface area contributed by atoms with Crippen LogP contribution >= 0.6 is 0 Å². The van der Waals surface area contributed by atoms with Crippen molar-refractivity contribution in [3.8, 4) is 0 Å². The molecule has 0 aromatic carbocycles. The number of methoxy groups -OCH3 is 1. The largest absolute Gasteiger partial charge is 0.468 e. The van der Waals surface area contributed by atoms with Crippen LogP contribution in [0.4, 0.5) is 0 Å². The van der Waals surface area contributed by atoms with Gasteiger partial charge in [-0.15, -0.1) is 0 Å². The Balaban J connectivity index is 4.40. The zero-order chi connectivity index (χ0) is 13.0. The Morgan fingerprint density at radius 1 is 1.12 bits per heavy atom. The highest BCUT2D eigenvalue weighted by Gasteiger charge is 2.25. The van der Waals surface area contributed by atoms with Gasteiger partial charge in [0, 0.05) is 17.6 Å². The Labute approximate surface area is 99.1 Å². The number of ether oxygens (including phenoxy) is 1. The standard InChI is InChI=1S/C12H26N2O2/c1-11(2,3)13-8-9(10(15)16-7)14-12(4,5)6/h9,13-14H,8H2,1-7H3/t9-/m0/s1. The molecule has 1 atom stereocenters. The normalized spacial score (nSPS) is 14.7. The minimum atomic E-state index is -0.316. The van der Waals surface area contributed by atoms with Crippen LogP contribution in [0.2, 0.25) is 0 Å². The van der Waals surface area contributed by atoms with Crippen LogP contribution in [0.3, 0.4) is 0 Å². The molecule has 0 saturated heterocycles. The van der Waals surface area contributed by atoms with Crippen molar-refractivity contribution >= 4 is 5.97 Å². The fraction of sp³-hybridized carbons (Fsp3) is 0.917. The molecule has 96 valence electrons. The highest BCUT2D eigenvalue weighted by molar-refractivity contribution is 5.76. The van der Waals surface area contributed by atoms with E-state index in [1.807, 2.05) is 20.8 Å². The third kappa shape index (κ3) is 7.65. The molecule has 0 bridgehead atoms. The van der Waals surface area contributed by atoms with Crippen LogP contribution in [0.15, 0.2) is 0 Å². The average Bonchev–Trinajstić information content (AvgIpc) is 2.07. The smallest absolute Gasteiger partial charge is 0.324 e. The van der Waals surface area contributed by atoms with Crippen LogP contribution in [-0.4, -0.2) is 36.7 Å². The SMILES string of the molecule is COC(=O)[C@H](CNC(C)(C)C)NC(C)(C)C. The first-order valence-corrected chi connectivity index (χ1v) is 5.66. The predicted molar refractivity (Wildman–Crippen MR) is 66.4 cm³/mol. The zero-order valence-electron chi connectivity index (χ0n) is 11.6. The second-order valence-corrected chi connectivity index (χ2v) is 6.10. The third-order valence-corrected chi connectivity index (χ3v) is 1.93. The van der Waals surface area contributed by atoms with Gasteiger partial charge in [0.25, 0.3) is 0 Å². The van der Waals surface area contributed by atoms with Crippen molar-refractivity contribution in [2.45, 2.75) is 58.7 Å². The second kappa shape index (κ2) is 5.64. The van der Waals surface area contributed by atoms with Gasteiger partial charge in [-0.2, -0.15) is 0 Å². The molecule has 0 saturated carbocycles. The molecule has 0 amide bonds. The summed E-state index contributed by atoms with van der Waals surface area (Å²) in [6.07, 6.45) is 0. The molecule has 16 heavy (non-hydrogen) atoms. The maximum atomic E-state index is 11.6. The molecule has 0 aromatic rings. The Morgan fingerprint density at radius 2 is 1.62 bits per heavy atom. The van der Waals surface area contributed by atoms with Crippen LogP contribution in [-0.2, 0) is 9.53 Å². The lowest BCUT2D eigenvalue weighted by Crippen LogP contribution is -2.55. The maximum Gasteiger partial charge on any atom is 0.324 e. The van der Waals surface area contributed by atoms with Crippen molar-refractivity contribution in [2.24, 2.45) is 0 Å². The second-order valence-electron chi connectivity index (χ2n) is 6.10. The number of carbonyl (C=O) groups excluding carboxylic acids is 1. The summed E-state index contributed by atoms with van der Waals surface area (Å²) in [7, 11) is 1.41. The molecule has 0 fully saturated rings. The van der Waals surface area contributed by atoms with E-state index in [-0.39, 0.29) is 23.1 Å². The Kier molecular flexibility index (Phi) is 5.42. The summed E-state index contributed by atoms with van der Waals surface area (Å²) in [6, 6.07) is -0.316. The zero-order valence-corrected chi connectivity index (χ0v) is 11.6. The molecule has 0 aliphatic carbocycles. The minimum absolute atomic E-state index is 0.00810. The van der Waals surface area contributed by atoms with E-state index < -0.39 is 0 Å². The van der Waals surface area contributed by atoms with Crippen molar-refractivity contribution in [3.63, 3.8) is 0 Å². The van der Waals surface area contributed by atoms with Crippen molar-refractivity contribution in [1.82, 2.24) is 10.6 Å². The van der Waals surface area contributed by atoms with E-state index in [0.717, 1.165) is 0 Å². The maximum absolute atomic E-state index is 11.6. The molecule has 2 N–H and O–H groups in total. The van der Waals surface area contributed by atoms with E-state index in [1.54, 1.807) is 0 Å². The van der Waals surface area contributed by atoms with Crippen molar-refractivity contribution in [3.05, 3.63) is 0 Å². The van der Waals surface area contributed by atoms with E-state index in [9.17, 15) is 4.79 Å². The fourth-order valence-corrected chi connectivity index (χ4v) is 1.27. The summed E-state index contributed by atoms with van der Waals surface area (Å²) < 4.78 is 4.78. The Bertz CT molecular complexity index is 226. The first kappa shape index (κ1) is 15.4. The number of nitrogens with one attached hydrogen (secondary N) is 2. The fourth-order valence-electron chi connectivity index (χ4n) is 1.27. The highest BCUT2D eigenvalue weighted by atomic mass is 16.5. The Hall–Kier alpha value is -0.610.